The van der Waals surface area contributed by atoms with Crippen LogP contribution in [0.3, 0.4) is 0 Å². The maximum absolute atomic E-state index is 4.91. The van der Waals surface area contributed by atoms with Crippen molar-refractivity contribution in [3.63, 3.8) is 0 Å². The van der Waals surface area contributed by atoms with Crippen molar-refractivity contribution in [2.24, 2.45) is 0 Å². The molecule has 0 radical (unpaired) electrons. The Morgan fingerprint density at radius 2 is 1.74 bits per heavy atom. The van der Waals surface area contributed by atoms with Crippen molar-refractivity contribution in [2.75, 3.05) is 5.32 Å². The highest BCUT2D eigenvalue weighted by Crippen LogP contribution is 2.38. The van der Waals surface area contributed by atoms with Gasteiger partial charge in [0, 0.05) is 34.9 Å². The van der Waals surface area contributed by atoms with Crippen LogP contribution in [0.2, 0.25) is 0 Å². The van der Waals surface area contributed by atoms with Crippen LogP contribution in [0, 0.1) is 0 Å². The van der Waals surface area contributed by atoms with Gasteiger partial charge in [0.2, 0.25) is 0 Å². The molecule has 0 aliphatic carbocycles. The van der Waals surface area contributed by atoms with E-state index in [9.17, 15) is 0 Å². The Hall–Kier alpha value is -2.79. The van der Waals surface area contributed by atoms with Crippen LogP contribution in [0.4, 0.5) is 5.82 Å². The highest BCUT2D eigenvalue weighted by Gasteiger charge is 2.17. The molecule has 0 spiro atoms. The van der Waals surface area contributed by atoms with E-state index in [1.54, 1.807) is 17.5 Å². The summed E-state index contributed by atoms with van der Waals surface area (Å²) >= 11 is 1.66. The third-order valence-electron chi connectivity index (χ3n) is 4.76. The van der Waals surface area contributed by atoms with Crippen molar-refractivity contribution in [1.29, 1.82) is 0 Å². The number of nitrogens with zero attached hydrogens (tertiary/aromatic N) is 3. The number of hydrogen-bond donors (Lipinski definition) is 1. The van der Waals surface area contributed by atoms with Gasteiger partial charge in [-0.3, -0.25) is 4.98 Å². The zero-order valence-electron chi connectivity index (χ0n) is 15.5. The smallest absolute Gasteiger partial charge is 0.164 e. The molecule has 27 heavy (non-hydrogen) atoms. The highest BCUT2D eigenvalue weighted by atomic mass is 32.1. The van der Waals surface area contributed by atoms with Crippen LogP contribution >= 0.6 is 11.3 Å². The minimum Gasteiger partial charge on any atom is -0.367 e. The molecule has 0 saturated heterocycles. The number of pyridine rings is 1. The lowest BCUT2D eigenvalue weighted by Crippen LogP contribution is -2.18. The van der Waals surface area contributed by atoms with Gasteiger partial charge in [-0.15, -0.1) is 11.3 Å². The summed E-state index contributed by atoms with van der Waals surface area (Å²) in [5.41, 5.74) is 3.30. The summed E-state index contributed by atoms with van der Waals surface area (Å²) < 4.78 is 0. The first-order valence-corrected chi connectivity index (χ1v) is 10.2. The maximum Gasteiger partial charge on any atom is 0.164 e. The molecule has 0 saturated carbocycles. The van der Waals surface area contributed by atoms with Gasteiger partial charge >= 0.3 is 0 Å². The summed E-state index contributed by atoms with van der Waals surface area (Å²) in [6.45, 7) is 4.40. The average Bonchev–Trinajstić information content (AvgIpc) is 3.17. The third-order valence-corrected chi connectivity index (χ3v) is 5.64. The van der Waals surface area contributed by atoms with Crippen LogP contribution in [-0.4, -0.2) is 21.0 Å². The lowest BCUT2D eigenvalue weighted by molar-refractivity contribution is 0.669. The van der Waals surface area contributed by atoms with Gasteiger partial charge in [0.25, 0.3) is 0 Å². The van der Waals surface area contributed by atoms with E-state index >= 15 is 0 Å². The Morgan fingerprint density at radius 1 is 0.963 bits per heavy atom. The van der Waals surface area contributed by atoms with Gasteiger partial charge < -0.3 is 5.32 Å². The topological polar surface area (TPSA) is 50.7 Å². The molecule has 0 amide bonds. The van der Waals surface area contributed by atoms with E-state index in [2.05, 4.69) is 53.8 Å². The Labute approximate surface area is 163 Å². The number of nitrogens with one attached hydrogen (secondary N) is 1. The number of fused-ring (bicyclic) bond motifs is 1. The number of anilines is 1. The van der Waals surface area contributed by atoms with Gasteiger partial charge in [-0.2, -0.15) is 0 Å². The van der Waals surface area contributed by atoms with Gasteiger partial charge in [-0.05, 0) is 30.5 Å². The monoisotopic (exact) mass is 374 g/mol. The van der Waals surface area contributed by atoms with Crippen molar-refractivity contribution in [3.05, 3.63) is 60.2 Å². The molecule has 0 fully saturated rings. The van der Waals surface area contributed by atoms with E-state index in [1.807, 2.05) is 24.4 Å². The third kappa shape index (κ3) is 3.55. The fourth-order valence-corrected chi connectivity index (χ4v) is 4.13. The number of rotatable bonds is 6. The van der Waals surface area contributed by atoms with Gasteiger partial charge in [0.1, 0.15) is 10.6 Å². The van der Waals surface area contributed by atoms with Crippen molar-refractivity contribution in [3.8, 4) is 22.5 Å². The second-order valence-corrected chi connectivity index (χ2v) is 7.35. The quantitative estimate of drug-likeness (QED) is 0.448. The van der Waals surface area contributed by atoms with E-state index in [1.165, 1.54) is 11.1 Å². The second-order valence-electron chi connectivity index (χ2n) is 6.49. The van der Waals surface area contributed by atoms with E-state index in [-0.39, 0.29) is 0 Å². The van der Waals surface area contributed by atoms with Crippen LogP contribution in [-0.2, 0) is 0 Å². The largest absolute Gasteiger partial charge is 0.367 e. The standard InChI is InChI=1S/C22H22N4S/c1-3-17(4-2)24-21-19-18(15-9-6-5-7-10-15)14-27-22(19)26-20(25-21)16-11-8-12-23-13-16/h5-14,17H,3-4H2,1-2H3,(H,24,25,26). The Balaban J connectivity index is 1.91. The van der Waals surface area contributed by atoms with E-state index in [0.29, 0.717) is 11.9 Å². The zero-order valence-corrected chi connectivity index (χ0v) is 16.3. The summed E-state index contributed by atoms with van der Waals surface area (Å²) in [6.07, 6.45) is 5.68. The number of thiophene rings is 1. The highest BCUT2D eigenvalue weighted by molar-refractivity contribution is 7.17. The first-order valence-electron chi connectivity index (χ1n) is 9.31. The molecule has 3 aromatic heterocycles. The molecule has 0 unspecified atom stereocenters. The average molecular weight is 375 g/mol. The number of aromatic nitrogens is 3. The number of hydrogen-bond acceptors (Lipinski definition) is 5. The summed E-state index contributed by atoms with van der Waals surface area (Å²) in [6, 6.07) is 14.7. The molecule has 5 heteroatoms. The lowest BCUT2D eigenvalue weighted by atomic mass is 10.1. The van der Waals surface area contributed by atoms with Crippen LogP contribution in [0.25, 0.3) is 32.7 Å². The minimum absolute atomic E-state index is 0.383. The molecule has 4 aromatic rings. The predicted molar refractivity (Wildman–Crippen MR) is 114 cm³/mol. The van der Waals surface area contributed by atoms with E-state index in [0.717, 1.165) is 34.4 Å². The SMILES string of the molecule is CCC(CC)Nc1nc(-c2cccnc2)nc2scc(-c3ccccc3)c12. The Bertz CT molecular complexity index is 1020. The summed E-state index contributed by atoms with van der Waals surface area (Å²) in [5.74, 6) is 1.62. The fraction of sp³-hybridized carbons (Fsp3) is 0.227. The lowest BCUT2D eigenvalue weighted by Gasteiger charge is -2.17. The summed E-state index contributed by atoms with van der Waals surface area (Å²) in [5, 5.41) is 6.95. The molecular weight excluding hydrogens is 352 g/mol. The molecule has 1 aromatic carbocycles. The molecule has 0 bridgehead atoms. The van der Waals surface area contributed by atoms with Gasteiger partial charge in [-0.25, -0.2) is 9.97 Å². The molecule has 0 aliphatic heterocycles. The molecule has 4 rings (SSSR count). The first-order chi connectivity index (χ1) is 13.3. The minimum atomic E-state index is 0.383. The Morgan fingerprint density at radius 3 is 2.44 bits per heavy atom. The summed E-state index contributed by atoms with van der Waals surface area (Å²) in [4.78, 5) is 15.0. The molecule has 136 valence electrons. The molecular formula is C22H22N4S. The first kappa shape index (κ1) is 17.6. The van der Waals surface area contributed by atoms with E-state index < -0.39 is 0 Å². The molecule has 4 nitrogen and oxygen atoms in total. The maximum atomic E-state index is 4.91. The van der Waals surface area contributed by atoms with Gasteiger partial charge in [0.15, 0.2) is 5.82 Å². The zero-order chi connectivity index (χ0) is 18.6. The van der Waals surface area contributed by atoms with Crippen molar-refractivity contribution >= 4 is 27.4 Å². The van der Waals surface area contributed by atoms with Crippen molar-refractivity contribution < 1.29 is 0 Å². The summed E-state index contributed by atoms with van der Waals surface area (Å²) in [7, 11) is 0. The number of benzene rings is 1. The molecule has 0 aliphatic rings. The van der Waals surface area contributed by atoms with Gasteiger partial charge in [-0.1, -0.05) is 44.2 Å². The van der Waals surface area contributed by atoms with Crippen LogP contribution in [0.15, 0.2) is 60.2 Å². The van der Waals surface area contributed by atoms with Crippen molar-refractivity contribution in [2.45, 2.75) is 32.7 Å². The normalized spacial score (nSPS) is 11.2. The predicted octanol–water partition coefficient (Wildman–Crippen LogP) is 6.02. The fourth-order valence-electron chi connectivity index (χ4n) is 3.19. The Kier molecular flexibility index (Phi) is 5.12. The van der Waals surface area contributed by atoms with E-state index in [4.69, 9.17) is 9.97 Å². The molecule has 1 N–H and O–H groups in total. The van der Waals surface area contributed by atoms with Gasteiger partial charge in [0.05, 0.1) is 5.39 Å². The molecule has 0 atom stereocenters. The van der Waals surface area contributed by atoms with Crippen molar-refractivity contribution in [1.82, 2.24) is 15.0 Å². The molecule has 3 heterocycles. The van der Waals surface area contributed by atoms with Crippen LogP contribution in [0.1, 0.15) is 26.7 Å². The van der Waals surface area contributed by atoms with Crippen LogP contribution in [0.5, 0.6) is 0 Å². The second kappa shape index (κ2) is 7.84. The van der Waals surface area contributed by atoms with Crippen LogP contribution < -0.4 is 5.32 Å².